The van der Waals surface area contributed by atoms with Gasteiger partial charge in [0.1, 0.15) is 11.5 Å². The third-order valence-corrected chi connectivity index (χ3v) is 3.44. The average molecular weight is 305 g/mol. The minimum absolute atomic E-state index is 0.626. The summed E-state index contributed by atoms with van der Waals surface area (Å²) in [7, 11) is 0. The van der Waals surface area contributed by atoms with Crippen LogP contribution in [0.2, 0.25) is 5.02 Å². The van der Waals surface area contributed by atoms with Gasteiger partial charge < -0.3 is 10.1 Å². The highest BCUT2D eigenvalue weighted by Gasteiger charge is 2.03. The number of halogens is 1. The van der Waals surface area contributed by atoms with E-state index in [4.69, 9.17) is 16.3 Å². The molecule has 1 aromatic heterocycles. The van der Waals surface area contributed by atoms with Crippen LogP contribution in [0.4, 0.5) is 0 Å². The molecule has 21 heavy (non-hydrogen) atoms. The lowest BCUT2D eigenvalue weighted by atomic mass is 10.2. The highest BCUT2D eigenvalue weighted by Crippen LogP contribution is 2.25. The molecule has 0 aliphatic carbocycles. The van der Waals surface area contributed by atoms with Gasteiger partial charge in [0.25, 0.3) is 0 Å². The number of pyridine rings is 1. The van der Waals surface area contributed by atoms with Crippen LogP contribution in [0, 0.1) is 12.8 Å². The van der Waals surface area contributed by atoms with Crippen LogP contribution in [0.15, 0.2) is 36.5 Å². The second kappa shape index (κ2) is 7.43. The molecule has 0 atom stereocenters. The third-order valence-electron chi connectivity index (χ3n) is 3.01. The summed E-state index contributed by atoms with van der Waals surface area (Å²) in [5.41, 5.74) is 1.97. The van der Waals surface area contributed by atoms with Crippen molar-refractivity contribution in [1.29, 1.82) is 0 Å². The van der Waals surface area contributed by atoms with Crippen molar-refractivity contribution < 1.29 is 4.74 Å². The molecule has 0 unspecified atom stereocenters. The molecule has 0 saturated heterocycles. The lowest BCUT2D eigenvalue weighted by molar-refractivity contribution is 0.479. The van der Waals surface area contributed by atoms with Gasteiger partial charge in [-0.2, -0.15) is 0 Å². The maximum atomic E-state index is 6.02. The number of hydrogen-bond acceptors (Lipinski definition) is 3. The zero-order chi connectivity index (χ0) is 15.2. The van der Waals surface area contributed by atoms with Crippen LogP contribution >= 0.6 is 11.6 Å². The molecule has 0 bridgehead atoms. The summed E-state index contributed by atoms with van der Waals surface area (Å²) in [6, 6.07) is 9.46. The standard InChI is InChI=1S/C17H21ClN2O/c1-12(2)10-19-11-14-9-16(6-7-20-14)21-15-4-5-17(18)13(3)8-15/h4-9,12,19H,10-11H2,1-3H3. The van der Waals surface area contributed by atoms with Crippen LogP contribution in [-0.2, 0) is 6.54 Å². The second-order valence-electron chi connectivity index (χ2n) is 5.52. The normalized spacial score (nSPS) is 10.9. The molecule has 0 radical (unpaired) electrons. The average Bonchev–Trinajstić information content (AvgIpc) is 2.43. The monoisotopic (exact) mass is 304 g/mol. The maximum Gasteiger partial charge on any atom is 0.130 e. The minimum atomic E-state index is 0.626. The Morgan fingerprint density at radius 1 is 1.19 bits per heavy atom. The number of nitrogens with zero attached hydrogens (tertiary/aromatic N) is 1. The zero-order valence-corrected chi connectivity index (χ0v) is 13.4. The molecule has 2 rings (SSSR count). The maximum absolute atomic E-state index is 6.02. The van der Waals surface area contributed by atoms with Crippen LogP contribution in [0.5, 0.6) is 11.5 Å². The van der Waals surface area contributed by atoms with Crippen LogP contribution in [0.3, 0.4) is 0 Å². The van der Waals surface area contributed by atoms with Crippen molar-refractivity contribution >= 4 is 11.6 Å². The molecule has 0 fully saturated rings. The molecular weight excluding hydrogens is 284 g/mol. The number of rotatable bonds is 6. The molecular formula is C17H21ClN2O. The Kier molecular flexibility index (Phi) is 5.59. The summed E-state index contributed by atoms with van der Waals surface area (Å²) in [4.78, 5) is 4.35. The molecule has 0 aliphatic rings. The molecule has 4 heteroatoms. The molecule has 112 valence electrons. The van der Waals surface area contributed by atoms with E-state index in [1.807, 2.05) is 37.3 Å². The lowest BCUT2D eigenvalue weighted by Gasteiger charge is -2.10. The fraction of sp³-hybridized carbons (Fsp3) is 0.353. The Morgan fingerprint density at radius 3 is 2.67 bits per heavy atom. The summed E-state index contributed by atoms with van der Waals surface area (Å²) in [5.74, 6) is 2.19. The molecule has 0 spiro atoms. The molecule has 0 saturated carbocycles. The van der Waals surface area contributed by atoms with Crippen molar-refractivity contribution in [1.82, 2.24) is 10.3 Å². The summed E-state index contributed by atoms with van der Waals surface area (Å²) in [6.07, 6.45) is 1.77. The van der Waals surface area contributed by atoms with Crippen LogP contribution < -0.4 is 10.1 Å². The van der Waals surface area contributed by atoms with Crippen LogP contribution in [0.1, 0.15) is 25.1 Å². The summed E-state index contributed by atoms with van der Waals surface area (Å²) < 4.78 is 5.86. The van der Waals surface area contributed by atoms with Gasteiger partial charge in [0, 0.05) is 23.8 Å². The Labute approximate surface area is 131 Å². The highest BCUT2D eigenvalue weighted by atomic mass is 35.5. The SMILES string of the molecule is Cc1cc(Oc2ccnc(CNCC(C)C)c2)ccc1Cl. The van der Waals surface area contributed by atoms with E-state index < -0.39 is 0 Å². The fourth-order valence-corrected chi connectivity index (χ4v) is 2.04. The molecule has 3 nitrogen and oxygen atoms in total. The summed E-state index contributed by atoms with van der Waals surface area (Å²) >= 11 is 6.02. The van der Waals surface area contributed by atoms with Crippen molar-refractivity contribution in [3.05, 3.63) is 52.8 Å². The molecule has 0 aliphatic heterocycles. The Balaban J connectivity index is 2.01. The summed E-state index contributed by atoms with van der Waals surface area (Å²) in [5, 5.41) is 4.12. The zero-order valence-electron chi connectivity index (χ0n) is 12.7. The number of benzene rings is 1. The number of ether oxygens (including phenoxy) is 1. The first-order valence-electron chi connectivity index (χ1n) is 7.14. The van der Waals surface area contributed by atoms with E-state index in [0.29, 0.717) is 5.92 Å². The van der Waals surface area contributed by atoms with E-state index in [1.54, 1.807) is 6.20 Å². The van der Waals surface area contributed by atoms with Gasteiger partial charge in [-0.15, -0.1) is 0 Å². The van der Waals surface area contributed by atoms with Gasteiger partial charge in [0.05, 0.1) is 5.69 Å². The van der Waals surface area contributed by atoms with Gasteiger partial charge in [-0.3, -0.25) is 4.98 Å². The van der Waals surface area contributed by atoms with Crippen molar-refractivity contribution in [3.8, 4) is 11.5 Å². The Morgan fingerprint density at radius 2 is 1.95 bits per heavy atom. The van der Waals surface area contributed by atoms with E-state index in [-0.39, 0.29) is 0 Å². The van der Waals surface area contributed by atoms with Crippen molar-refractivity contribution in [3.63, 3.8) is 0 Å². The van der Waals surface area contributed by atoms with E-state index in [2.05, 4.69) is 24.1 Å². The first-order valence-corrected chi connectivity index (χ1v) is 7.52. The fourth-order valence-electron chi connectivity index (χ4n) is 1.92. The lowest BCUT2D eigenvalue weighted by Crippen LogP contribution is -2.19. The van der Waals surface area contributed by atoms with Crippen molar-refractivity contribution in [2.24, 2.45) is 5.92 Å². The number of aromatic nitrogens is 1. The van der Waals surface area contributed by atoms with Gasteiger partial charge in [-0.05, 0) is 49.2 Å². The van der Waals surface area contributed by atoms with Crippen molar-refractivity contribution in [2.45, 2.75) is 27.3 Å². The van der Waals surface area contributed by atoms with Gasteiger partial charge in [0.15, 0.2) is 0 Å². The highest BCUT2D eigenvalue weighted by molar-refractivity contribution is 6.31. The van der Waals surface area contributed by atoms with Gasteiger partial charge in [-0.1, -0.05) is 25.4 Å². The Hall–Kier alpha value is -1.58. The molecule has 0 amide bonds. The third kappa shape index (κ3) is 5.03. The summed E-state index contributed by atoms with van der Waals surface area (Å²) in [6.45, 7) is 8.05. The Bertz CT molecular complexity index is 599. The topological polar surface area (TPSA) is 34.1 Å². The first kappa shape index (κ1) is 15.8. The van der Waals surface area contributed by atoms with Crippen LogP contribution in [-0.4, -0.2) is 11.5 Å². The predicted octanol–water partition coefficient (Wildman–Crippen LogP) is 4.58. The number of aryl methyl sites for hydroxylation is 1. The van der Waals surface area contributed by atoms with Gasteiger partial charge in [-0.25, -0.2) is 0 Å². The number of hydrogen-bond donors (Lipinski definition) is 1. The van der Waals surface area contributed by atoms with Crippen molar-refractivity contribution in [2.75, 3.05) is 6.54 Å². The molecule has 1 heterocycles. The van der Waals surface area contributed by atoms with Crippen LogP contribution in [0.25, 0.3) is 0 Å². The van der Waals surface area contributed by atoms with Gasteiger partial charge in [0.2, 0.25) is 0 Å². The van der Waals surface area contributed by atoms with E-state index in [1.165, 1.54) is 0 Å². The smallest absolute Gasteiger partial charge is 0.130 e. The predicted molar refractivity (Wildman–Crippen MR) is 87.0 cm³/mol. The van der Waals surface area contributed by atoms with E-state index >= 15 is 0 Å². The second-order valence-corrected chi connectivity index (χ2v) is 5.93. The molecule has 1 aromatic carbocycles. The van der Waals surface area contributed by atoms with Gasteiger partial charge >= 0.3 is 0 Å². The quantitative estimate of drug-likeness (QED) is 0.848. The molecule has 1 N–H and O–H groups in total. The largest absolute Gasteiger partial charge is 0.457 e. The van der Waals surface area contributed by atoms with E-state index in [0.717, 1.165) is 40.9 Å². The first-order chi connectivity index (χ1) is 10.0. The minimum Gasteiger partial charge on any atom is -0.457 e. The number of nitrogens with one attached hydrogen (secondary N) is 1. The van der Waals surface area contributed by atoms with E-state index in [9.17, 15) is 0 Å². The molecule has 2 aromatic rings.